The van der Waals surface area contributed by atoms with Gasteiger partial charge in [-0.1, -0.05) is 0 Å². The first-order valence-electron chi connectivity index (χ1n) is 2.93. The van der Waals surface area contributed by atoms with Crippen LogP contribution in [-0.2, 0) is 15.5 Å². The van der Waals surface area contributed by atoms with Crippen molar-refractivity contribution in [1.82, 2.24) is 5.32 Å². The van der Waals surface area contributed by atoms with E-state index in [1.807, 2.05) is 7.05 Å². The van der Waals surface area contributed by atoms with Crippen molar-refractivity contribution in [2.24, 2.45) is 0 Å². The third kappa shape index (κ3) is 2.04. The number of ether oxygens (including phenoxy) is 1. The van der Waals surface area contributed by atoms with Gasteiger partial charge in [-0.05, 0) is 7.05 Å². The molecule has 9 heavy (non-hydrogen) atoms. The Labute approximate surface area is 57.2 Å². The second-order valence-electron chi connectivity index (χ2n) is 2.08. The Kier molecular flexibility index (Phi) is 2.63. The average Bonchev–Trinajstić information content (AvgIpc) is 1.88. The fraction of sp³-hybridized carbons (Fsp3) is 1.00. The van der Waals surface area contributed by atoms with Crippen LogP contribution >= 0.6 is 0 Å². The zero-order valence-electron chi connectivity index (χ0n) is 5.42. The monoisotopic (exact) mass is 149 g/mol. The maximum absolute atomic E-state index is 10.8. The van der Waals surface area contributed by atoms with Crippen LogP contribution in [0.25, 0.3) is 0 Å². The van der Waals surface area contributed by atoms with Crippen LogP contribution in [0, 0.1) is 0 Å². The van der Waals surface area contributed by atoms with Crippen LogP contribution in [0.2, 0.25) is 0 Å². The molecule has 1 aliphatic heterocycles. The fourth-order valence-electron chi connectivity index (χ4n) is 0.771. The molecule has 1 N–H and O–H groups in total. The van der Waals surface area contributed by atoms with Gasteiger partial charge in [0.15, 0.2) is 0 Å². The summed E-state index contributed by atoms with van der Waals surface area (Å²) in [6.45, 7) is 0.697. The molecule has 1 saturated heterocycles. The highest BCUT2D eigenvalue weighted by atomic mass is 32.2. The maximum atomic E-state index is 10.8. The standard InChI is InChI=1S/C5H11NO2S/c1-6-5-2-8-4-9(7)3-5/h5-6H,2-4H2,1H3. The molecule has 0 bridgehead atoms. The van der Waals surface area contributed by atoms with E-state index in [1.165, 1.54) is 0 Å². The average molecular weight is 149 g/mol. The van der Waals surface area contributed by atoms with E-state index >= 15 is 0 Å². The Balaban J connectivity index is 2.32. The van der Waals surface area contributed by atoms with E-state index in [-0.39, 0.29) is 0 Å². The molecule has 0 aromatic rings. The highest BCUT2D eigenvalue weighted by Gasteiger charge is 2.16. The van der Waals surface area contributed by atoms with Gasteiger partial charge in [-0.25, -0.2) is 0 Å². The molecule has 54 valence electrons. The van der Waals surface area contributed by atoms with Crippen molar-refractivity contribution in [3.63, 3.8) is 0 Å². The maximum Gasteiger partial charge on any atom is 0.122 e. The zero-order valence-corrected chi connectivity index (χ0v) is 6.24. The molecule has 4 heteroatoms. The number of nitrogens with one attached hydrogen (secondary N) is 1. The smallest absolute Gasteiger partial charge is 0.122 e. The number of hydrogen-bond acceptors (Lipinski definition) is 3. The summed E-state index contributed by atoms with van der Waals surface area (Å²) in [6.07, 6.45) is 0. The van der Waals surface area contributed by atoms with E-state index in [1.54, 1.807) is 0 Å². The summed E-state index contributed by atoms with van der Waals surface area (Å²) in [4.78, 5) is 0. The van der Waals surface area contributed by atoms with Crippen molar-refractivity contribution in [3.8, 4) is 0 Å². The molecule has 0 spiro atoms. The Bertz CT molecular complexity index is 118. The summed E-state index contributed by atoms with van der Waals surface area (Å²) < 4.78 is 15.8. The van der Waals surface area contributed by atoms with Crippen molar-refractivity contribution in [2.75, 3.05) is 25.3 Å². The fourth-order valence-corrected chi connectivity index (χ4v) is 1.86. The Morgan fingerprint density at radius 3 is 3.00 bits per heavy atom. The highest BCUT2D eigenvalue weighted by molar-refractivity contribution is 7.84. The van der Waals surface area contributed by atoms with Gasteiger partial charge in [-0.3, -0.25) is 4.21 Å². The van der Waals surface area contributed by atoms with E-state index in [4.69, 9.17) is 4.74 Å². The molecule has 1 rings (SSSR count). The largest absolute Gasteiger partial charge is 0.367 e. The first kappa shape index (κ1) is 7.18. The van der Waals surface area contributed by atoms with E-state index in [0.29, 0.717) is 18.6 Å². The first-order chi connectivity index (χ1) is 4.33. The zero-order chi connectivity index (χ0) is 6.69. The van der Waals surface area contributed by atoms with Gasteiger partial charge in [0.05, 0.1) is 6.61 Å². The summed E-state index contributed by atoms with van der Waals surface area (Å²) in [5, 5.41) is 3.02. The van der Waals surface area contributed by atoms with Crippen LogP contribution in [0.4, 0.5) is 0 Å². The highest BCUT2D eigenvalue weighted by Crippen LogP contribution is 1.98. The number of likely N-dealkylation sites (N-methyl/N-ethyl adjacent to an activating group) is 1. The van der Waals surface area contributed by atoms with Crippen molar-refractivity contribution >= 4 is 10.8 Å². The lowest BCUT2D eigenvalue weighted by Crippen LogP contribution is -2.40. The van der Waals surface area contributed by atoms with Crippen LogP contribution in [0.1, 0.15) is 0 Å². The van der Waals surface area contributed by atoms with Gasteiger partial charge in [-0.2, -0.15) is 0 Å². The summed E-state index contributed by atoms with van der Waals surface area (Å²) >= 11 is 0. The van der Waals surface area contributed by atoms with Gasteiger partial charge in [0.25, 0.3) is 0 Å². The van der Waals surface area contributed by atoms with Gasteiger partial charge in [0, 0.05) is 22.6 Å². The molecule has 0 amide bonds. The first-order valence-corrected chi connectivity index (χ1v) is 4.41. The summed E-state index contributed by atoms with van der Waals surface area (Å²) in [6, 6.07) is 0.291. The Morgan fingerprint density at radius 2 is 2.56 bits per heavy atom. The quantitative estimate of drug-likeness (QED) is 0.536. The molecule has 2 atom stereocenters. The normalized spacial score (nSPS) is 36.6. The molecule has 0 saturated carbocycles. The summed E-state index contributed by atoms with van der Waals surface area (Å²) in [5.41, 5.74) is 0. The van der Waals surface area contributed by atoms with Crippen LogP contribution in [0.15, 0.2) is 0 Å². The number of rotatable bonds is 1. The minimum Gasteiger partial charge on any atom is -0.367 e. The molecule has 1 aliphatic rings. The lowest BCUT2D eigenvalue weighted by atomic mass is 10.4. The molecule has 0 aromatic heterocycles. The van der Waals surface area contributed by atoms with Crippen LogP contribution in [0.3, 0.4) is 0 Å². The molecule has 3 nitrogen and oxygen atoms in total. The second kappa shape index (κ2) is 3.29. The van der Waals surface area contributed by atoms with Gasteiger partial charge in [0.2, 0.25) is 0 Å². The molecule has 0 aliphatic carbocycles. The molecule has 0 radical (unpaired) electrons. The SMILES string of the molecule is CNC1COCS(=O)C1. The lowest BCUT2D eigenvalue weighted by molar-refractivity contribution is 0.149. The third-order valence-electron chi connectivity index (χ3n) is 1.33. The molecule has 1 fully saturated rings. The predicted molar refractivity (Wildman–Crippen MR) is 36.7 cm³/mol. The molecular weight excluding hydrogens is 138 g/mol. The van der Waals surface area contributed by atoms with Gasteiger partial charge >= 0.3 is 0 Å². The van der Waals surface area contributed by atoms with Gasteiger partial charge in [-0.15, -0.1) is 0 Å². The van der Waals surface area contributed by atoms with E-state index in [2.05, 4.69) is 5.32 Å². The Hall–Kier alpha value is 0.0700. The van der Waals surface area contributed by atoms with Crippen molar-refractivity contribution in [3.05, 3.63) is 0 Å². The van der Waals surface area contributed by atoms with E-state index in [9.17, 15) is 4.21 Å². The topological polar surface area (TPSA) is 38.3 Å². The minimum atomic E-state index is -0.755. The van der Waals surface area contributed by atoms with Crippen molar-refractivity contribution in [1.29, 1.82) is 0 Å². The Morgan fingerprint density at radius 1 is 1.78 bits per heavy atom. The molecular formula is C5H11NO2S. The molecule has 1 heterocycles. The van der Waals surface area contributed by atoms with Gasteiger partial charge in [0.1, 0.15) is 5.94 Å². The minimum absolute atomic E-state index is 0.291. The summed E-state index contributed by atoms with van der Waals surface area (Å²) in [7, 11) is 1.10. The van der Waals surface area contributed by atoms with Crippen LogP contribution < -0.4 is 5.32 Å². The van der Waals surface area contributed by atoms with E-state index in [0.717, 1.165) is 5.75 Å². The third-order valence-corrected chi connectivity index (χ3v) is 2.53. The summed E-state index contributed by atoms with van der Waals surface area (Å²) in [5.74, 6) is 1.15. The van der Waals surface area contributed by atoms with Crippen molar-refractivity contribution in [2.45, 2.75) is 6.04 Å². The second-order valence-corrected chi connectivity index (χ2v) is 3.53. The number of hydrogen-bond donors (Lipinski definition) is 1. The van der Waals surface area contributed by atoms with E-state index < -0.39 is 10.8 Å². The molecule has 2 unspecified atom stereocenters. The van der Waals surface area contributed by atoms with Crippen LogP contribution in [-0.4, -0.2) is 35.6 Å². The van der Waals surface area contributed by atoms with Crippen molar-refractivity contribution < 1.29 is 8.95 Å². The lowest BCUT2D eigenvalue weighted by Gasteiger charge is -2.20. The van der Waals surface area contributed by atoms with Crippen LogP contribution in [0.5, 0.6) is 0 Å². The molecule has 0 aromatic carbocycles. The predicted octanol–water partition coefficient (Wildman–Crippen LogP) is -0.689. The van der Waals surface area contributed by atoms with Gasteiger partial charge < -0.3 is 10.1 Å².